The lowest BCUT2D eigenvalue weighted by molar-refractivity contribution is 0.227. The second-order valence-corrected chi connectivity index (χ2v) is 5.19. The fraction of sp³-hybridized carbons (Fsp3) is 0.353. The lowest BCUT2D eigenvalue weighted by atomic mass is 10.0. The molecule has 1 aromatic carbocycles. The first-order valence-electron chi connectivity index (χ1n) is 7.12. The Morgan fingerprint density at radius 2 is 1.85 bits per heavy atom. The maximum atomic E-state index is 5.93. The normalized spacial score (nSPS) is 12.6. The Hall–Kier alpha value is -1.71. The van der Waals surface area contributed by atoms with Crippen LogP contribution in [0.1, 0.15) is 17.5 Å². The van der Waals surface area contributed by atoms with Crippen LogP contribution < -0.4 is 5.73 Å². The van der Waals surface area contributed by atoms with E-state index in [1.165, 1.54) is 11.1 Å². The molecule has 2 N–H and O–H groups in total. The van der Waals surface area contributed by atoms with E-state index in [2.05, 4.69) is 53.3 Å². The summed E-state index contributed by atoms with van der Waals surface area (Å²) in [5.41, 5.74) is 8.54. The van der Waals surface area contributed by atoms with Crippen molar-refractivity contribution in [3.8, 4) is 0 Å². The standard InChI is InChI=1S/C17H23N3/c1-20(14-16-8-5-11-19-13-16)17(12-18)10-9-15-6-3-2-4-7-15/h2-8,11,13,17H,9-10,12,14,18H2,1H3. The summed E-state index contributed by atoms with van der Waals surface area (Å²) in [6, 6.07) is 15.1. The van der Waals surface area contributed by atoms with E-state index in [-0.39, 0.29) is 0 Å². The minimum atomic E-state index is 0.399. The van der Waals surface area contributed by atoms with Crippen LogP contribution in [0.3, 0.4) is 0 Å². The topological polar surface area (TPSA) is 42.2 Å². The van der Waals surface area contributed by atoms with Crippen LogP contribution in [0, 0.1) is 0 Å². The van der Waals surface area contributed by atoms with Gasteiger partial charge < -0.3 is 5.73 Å². The Balaban J connectivity index is 1.87. The summed E-state index contributed by atoms with van der Waals surface area (Å²) in [5.74, 6) is 0. The average molecular weight is 269 g/mol. The predicted molar refractivity (Wildman–Crippen MR) is 83.3 cm³/mol. The molecule has 0 aliphatic carbocycles. The van der Waals surface area contributed by atoms with Crippen molar-refractivity contribution >= 4 is 0 Å². The summed E-state index contributed by atoms with van der Waals surface area (Å²) >= 11 is 0. The van der Waals surface area contributed by atoms with Crippen LogP contribution in [0.5, 0.6) is 0 Å². The first kappa shape index (κ1) is 14.7. The molecule has 2 aromatic rings. The minimum absolute atomic E-state index is 0.399. The van der Waals surface area contributed by atoms with E-state index >= 15 is 0 Å². The summed E-state index contributed by atoms with van der Waals surface area (Å²) in [6.07, 6.45) is 5.87. The van der Waals surface area contributed by atoms with Crippen LogP contribution in [-0.2, 0) is 13.0 Å². The van der Waals surface area contributed by atoms with Gasteiger partial charge in [0.15, 0.2) is 0 Å². The van der Waals surface area contributed by atoms with Gasteiger partial charge in [-0.3, -0.25) is 9.88 Å². The van der Waals surface area contributed by atoms with Gasteiger partial charge in [-0.05, 0) is 37.1 Å². The molecule has 1 atom stereocenters. The molecule has 0 amide bonds. The predicted octanol–water partition coefficient (Wildman–Crippen LogP) is 2.47. The number of aryl methyl sites for hydroxylation is 1. The molecule has 2 rings (SSSR count). The molecule has 106 valence electrons. The molecule has 1 unspecified atom stereocenters. The Labute approximate surface area is 121 Å². The molecule has 0 spiro atoms. The summed E-state index contributed by atoms with van der Waals surface area (Å²) < 4.78 is 0. The molecule has 0 fully saturated rings. The van der Waals surface area contributed by atoms with Gasteiger partial charge in [-0.2, -0.15) is 0 Å². The van der Waals surface area contributed by atoms with Crippen molar-refractivity contribution in [2.75, 3.05) is 13.6 Å². The number of aromatic nitrogens is 1. The Bertz CT molecular complexity index is 484. The molecule has 3 nitrogen and oxygen atoms in total. The molecular weight excluding hydrogens is 246 g/mol. The minimum Gasteiger partial charge on any atom is -0.329 e. The van der Waals surface area contributed by atoms with Gasteiger partial charge in [-0.15, -0.1) is 0 Å². The van der Waals surface area contributed by atoms with Gasteiger partial charge in [0.1, 0.15) is 0 Å². The highest BCUT2D eigenvalue weighted by atomic mass is 15.1. The van der Waals surface area contributed by atoms with E-state index in [1.54, 1.807) is 6.20 Å². The summed E-state index contributed by atoms with van der Waals surface area (Å²) in [7, 11) is 2.13. The molecule has 3 heteroatoms. The number of rotatable bonds is 7. The molecule has 0 saturated heterocycles. The second kappa shape index (κ2) is 7.78. The zero-order valence-electron chi connectivity index (χ0n) is 12.1. The van der Waals surface area contributed by atoms with E-state index in [9.17, 15) is 0 Å². The number of nitrogens with two attached hydrogens (primary N) is 1. The fourth-order valence-electron chi connectivity index (χ4n) is 2.40. The number of hydrogen-bond donors (Lipinski definition) is 1. The largest absolute Gasteiger partial charge is 0.329 e. The maximum absolute atomic E-state index is 5.93. The molecule has 0 bridgehead atoms. The lowest BCUT2D eigenvalue weighted by Gasteiger charge is -2.27. The number of pyridine rings is 1. The molecule has 0 radical (unpaired) electrons. The van der Waals surface area contributed by atoms with E-state index in [0.29, 0.717) is 12.6 Å². The van der Waals surface area contributed by atoms with Crippen molar-refractivity contribution in [2.45, 2.75) is 25.4 Å². The number of likely N-dealkylation sites (N-methyl/N-ethyl adjacent to an activating group) is 1. The molecule has 20 heavy (non-hydrogen) atoms. The highest BCUT2D eigenvalue weighted by Crippen LogP contribution is 2.11. The van der Waals surface area contributed by atoms with Gasteiger partial charge in [-0.25, -0.2) is 0 Å². The van der Waals surface area contributed by atoms with Crippen molar-refractivity contribution in [3.05, 3.63) is 66.0 Å². The maximum Gasteiger partial charge on any atom is 0.0312 e. The lowest BCUT2D eigenvalue weighted by Crippen LogP contribution is -2.37. The SMILES string of the molecule is CN(Cc1cccnc1)C(CN)CCc1ccccc1. The van der Waals surface area contributed by atoms with E-state index in [4.69, 9.17) is 5.73 Å². The van der Waals surface area contributed by atoms with Gasteiger partial charge in [-0.1, -0.05) is 36.4 Å². The van der Waals surface area contributed by atoms with Crippen LogP contribution >= 0.6 is 0 Å². The Morgan fingerprint density at radius 3 is 2.50 bits per heavy atom. The van der Waals surface area contributed by atoms with Crippen molar-refractivity contribution in [2.24, 2.45) is 5.73 Å². The van der Waals surface area contributed by atoms with Crippen LogP contribution in [-0.4, -0.2) is 29.5 Å². The third kappa shape index (κ3) is 4.44. The second-order valence-electron chi connectivity index (χ2n) is 5.19. The average Bonchev–Trinajstić information content (AvgIpc) is 2.50. The molecule has 1 aromatic heterocycles. The molecular formula is C17H23N3. The summed E-state index contributed by atoms with van der Waals surface area (Å²) in [6.45, 7) is 1.58. The van der Waals surface area contributed by atoms with Crippen molar-refractivity contribution in [3.63, 3.8) is 0 Å². The van der Waals surface area contributed by atoms with Gasteiger partial charge in [0.2, 0.25) is 0 Å². The molecule has 0 aliphatic rings. The van der Waals surface area contributed by atoms with Gasteiger partial charge in [0.05, 0.1) is 0 Å². The quantitative estimate of drug-likeness (QED) is 0.839. The van der Waals surface area contributed by atoms with Gasteiger partial charge in [0, 0.05) is 31.5 Å². The van der Waals surface area contributed by atoms with Gasteiger partial charge >= 0.3 is 0 Å². The monoisotopic (exact) mass is 269 g/mol. The van der Waals surface area contributed by atoms with Crippen molar-refractivity contribution in [1.82, 2.24) is 9.88 Å². The third-order valence-corrected chi connectivity index (χ3v) is 3.66. The smallest absolute Gasteiger partial charge is 0.0312 e. The third-order valence-electron chi connectivity index (χ3n) is 3.66. The summed E-state index contributed by atoms with van der Waals surface area (Å²) in [5, 5.41) is 0. The molecule has 0 aliphatic heterocycles. The zero-order chi connectivity index (χ0) is 14.2. The zero-order valence-corrected chi connectivity index (χ0v) is 12.1. The van der Waals surface area contributed by atoms with E-state index < -0.39 is 0 Å². The highest BCUT2D eigenvalue weighted by molar-refractivity contribution is 5.15. The Morgan fingerprint density at radius 1 is 1.10 bits per heavy atom. The fourth-order valence-corrected chi connectivity index (χ4v) is 2.40. The van der Waals surface area contributed by atoms with E-state index in [0.717, 1.165) is 19.4 Å². The highest BCUT2D eigenvalue weighted by Gasteiger charge is 2.13. The van der Waals surface area contributed by atoms with Crippen LogP contribution in [0.25, 0.3) is 0 Å². The first-order valence-corrected chi connectivity index (χ1v) is 7.12. The number of nitrogens with zero attached hydrogens (tertiary/aromatic N) is 2. The molecule has 0 saturated carbocycles. The van der Waals surface area contributed by atoms with Crippen LogP contribution in [0.2, 0.25) is 0 Å². The van der Waals surface area contributed by atoms with Gasteiger partial charge in [0.25, 0.3) is 0 Å². The first-order chi connectivity index (χ1) is 9.79. The van der Waals surface area contributed by atoms with Crippen molar-refractivity contribution in [1.29, 1.82) is 0 Å². The number of benzene rings is 1. The van der Waals surface area contributed by atoms with Crippen LogP contribution in [0.15, 0.2) is 54.9 Å². The Kier molecular flexibility index (Phi) is 5.71. The van der Waals surface area contributed by atoms with Crippen LogP contribution in [0.4, 0.5) is 0 Å². The van der Waals surface area contributed by atoms with E-state index in [1.807, 2.05) is 12.3 Å². The van der Waals surface area contributed by atoms with Crippen molar-refractivity contribution < 1.29 is 0 Å². The molecule has 1 heterocycles. The number of hydrogen-bond acceptors (Lipinski definition) is 3. The summed E-state index contributed by atoms with van der Waals surface area (Å²) in [4.78, 5) is 6.48.